The topological polar surface area (TPSA) is 37.3 Å². The van der Waals surface area contributed by atoms with Crippen molar-refractivity contribution in [1.29, 1.82) is 0 Å². The molecule has 1 aliphatic carbocycles. The van der Waals surface area contributed by atoms with Crippen molar-refractivity contribution in [3.05, 3.63) is 0 Å². The zero-order valence-electron chi connectivity index (χ0n) is 6.95. The van der Waals surface area contributed by atoms with E-state index in [4.69, 9.17) is 0 Å². The Morgan fingerprint density at radius 2 is 2.09 bits per heavy atom. The third kappa shape index (κ3) is 2.27. The minimum atomic E-state index is -0.794. The van der Waals surface area contributed by atoms with Gasteiger partial charge in [0, 0.05) is 16.6 Å². The molecule has 2 nitrogen and oxygen atoms in total. The summed E-state index contributed by atoms with van der Waals surface area (Å²) in [6.45, 7) is 1.91. The monoisotopic (exact) mass is 176 g/mol. The van der Waals surface area contributed by atoms with Gasteiger partial charge in [0.1, 0.15) is 0 Å². The molecule has 0 bridgehead atoms. The molecule has 0 heterocycles. The molecule has 1 fully saturated rings. The van der Waals surface area contributed by atoms with E-state index in [1.165, 1.54) is 0 Å². The molecule has 66 valence electrons. The summed E-state index contributed by atoms with van der Waals surface area (Å²) < 4.78 is 11.3. The van der Waals surface area contributed by atoms with Crippen molar-refractivity contribution in [2.75, 3.05) is 5.75 Å². The van der Waals surface area contributed by atoms with Crippen LogP contribution in [0.15, 0.2) is 0 Å². The predicted octanol–water partition coefficient (Wildman–Crippen LogP) is 1.06. The zero-order valence-corrected chi connectivity index (χ0v) is 7.77. The Morgan fingerprint density at radius 3 is 2.64 bits per heavy atom. The Balaban J connectivity index is 2.47. The molecule has 0 aromatic rings. The van der Waals surface area contributed by atoms with Crippen molar-refractivity contribution in [2.24, 2.45) is 0 Å². The van der Waals surface area contributed by atoms with Gasteiger partial charge in [-0.25, -0.2) is 0 Å². The van der Waals surface area contributed by atoms with E-state index in [1.807, 2.05) is 6.92 Å². The van der Waals surface area contributed by atoms with Gasteiger partial charge in [0.05, 0.1) is 11.4 Å². The van der Waals surface area contributed by atoms with Crippen LogP contribution in [-0.2, 0) is 10.8 Å². The van der Waals surface area contributed by atoms with E-state index in [0.29, 0.717) is 5.75 Å². The molecule has 1 unspecified atom stereocenters. The van der Waals surface area contributed by atoms with Crippen LogP contribution < -0.4 is 0 Å². The molecule has 1 rings (SSSR count). The Morgan fingerprint density at radius 1 is 1.45 bits per heavy atom. The highest BCUT2D eigenvalue weighted by Gasteiger charge is 2.26. The van der Waals surface area contributed by atoms with Gasteiger partial charge in [-0.3, -0.25) is 4.21 Å². The first-order valence-corrected chi connectivity index (χ1v) is 5.69. The van der Waals surface area contributed by atoms with Crippen LogP contribution in [0.3, 0.4) is 0 Å². The van der Waals surface area contributed by atoms with Crippen LogP contribution in [0.4, 0.5) is 0 Å². The highest BCUT2D eigenvalue weighted by molar-refractivity contribution is 7.85. The van der Waals surface area contributed by atoms with Gasteiger partial charge in [0.25, 0.3) is 0 Å². The standard InChI is InChI=1S/C8H16O2S/c1-2-11(10)8-6-4-3-5-7(8)9/h7-9H,2-6H2,1H3/t7-,8+,11?/m0/s1. The first-order chi connectivity index (χ1) is 5.25. The molecule has 3 heteroatoms. The number of rotatable bonds is 2. The third-order valence-electron chi connectivity index (χ3n) is 2.29. The first-order valence-electron chi connectivity index (χ1n) is 4.31. The summed E-state index contributed by atoms with van der Waals surface area (Å²) in [5, 5.41) is 9.54. The molecular weight excluding hydrogens is 160 g/mol. The summed E-state index contributed by atoms with van der Waals surface area (Å²) in [5.74, 6) is 0.682. The molecule has 0 saturated heterocycles. The summed E-state index contributed by atoms with van der Waals surface area (Å²) >= 11 is 0. The van der Waals surface area contributed by atoms with Crippen molar-refractivity contribution >= 4 is 10.8 Å². The zero-order chi connectivity index (χ0) is 8.27. The van der Waals surface area contributed by atoms with E-state index in [9.17, 15) is 9.32 Å². The third-order valence-corrected chi connectivity index (χ3v) is 4.08. The molecule has 11 heavy (non-hydrogen) atoms. The number of aliphatic hydroxyl groups excluding tert-OH is 1. The van der Waals surface area contributed by atoms with Crippen LogP contribution in [0.2, 0.25) is 0 Å². The summed E-state index contributed by atoms with van der Waals surface area (Å²) in [6.07, 6.45) is 3.72. The first kappa shape index (κ1) is 9.20. The van der Waals surface area contributed by atoms with Gasteiger partial charge in [-0.1, -0.05) is 19.8 Å². The Kier molecular flexibility index (Phi) is 3.52. The lowest BCUT2D eigenvalue weighted by Gasteiger charge is -2.26. The number of hydrogen-bond acceptors (Lipinski definition) is 2. The minimum absolute atomic E-state index is 0.0637. The predicted molar refractivity (Wildman–Crippen MR) is 46.9 cm³/mol. The summed E-state index contributed by atoms with van der Waals surface area (Å²) in [6, 6.07) is 0. The van der Waals surface area contributed by atoms with Gasteiger partial charge in [0.15, 0.2) is 0 Å². The average molecular weight is 176 g/mol. The van der Waals surface area contributed by atoms with Crippen molar-refractivity contribution in [3.63, 3.8) is 0 Å². The second-order valence-electron chi connectivity index (χ2n) is 3.06. The average Bonchev–Trinajstić information content (AvgIpc) is 2.04. The lowest BCUT2D eigenvalue weighted by atomic mass is 9.97. The van der Waals surface area contributed by atoms with E-state index in [2.05, 4.69) is 0 Å². The van der Waals surface area contributed by atoms with E-state index < -0.39 is 10.8 Å². The van der Waals surface area contributed by atoms with Crippen molar-refractivity contribution < 1.29 is 9.32 Å². The van der Waals surface area contributed by atoms with Crippen molar-refractivity contribution in [2.45, 2.75) is 44.0 Å². The highest BCUT2D eigenvalue weighted by atomic mass is 32.2. The van der Waals surface area contributed by atoms with Gasteiger partial charge in [-0.2, -0.15) is 0 Å². The molecule has 0 amide bonds. The SMILES string of the molecule is CCS(=O)[C@@H]1CCCC[C@@H]1O. The van der Waals surface area contributed by atoms with Gasteiger partial charge < -0.3 is 5.11 Å². The Labute approximate surface area is 70.5 Å². The fourth-order valence-electron chi connectivity index (χ4n) is 1.60. The molecule has 1 aliphatic rings. The van der Waals surface area contributed by atoms with E-state index in [0.717, 1.165) is 25.7 Å². The fraction of sp³-hybridized carbons (Fsp3) is 1.00. The molecule has 0 spiro atoms. The van der Waals surface area contributed by atoms with Crippen LogP contribution in [0.25, 0.3) is 0 Å². The number of hydrogen-bond donors (Lipinski definition) is 1. The molecule has 0 aromatic carbocycles. The van der Waals surface area contributed by atoms with Crippen LogP contribution in [0.1, 0.15) is 32.6 Å². The molecule has 3 atom stereocenters. The van der Waals surface area contributed by atoms with Crippen LogP contribution in [-0.4, -0.2) is 26.4 Å². The maximum absolute atomic E-state index is 11.3. The summed E-state index contributed by atoms with van der Waals surface area (Å²) in [7, 11) is -0.794. The van der Waals surface area contributed by atoms with Gasteiger partial charge >= 0.3 is 0 Å². The van der Waals surface area contributed by atoms with Gasteiger partial charge in [0.2, 0.25) is 0 Å². The van der Waals surface area contributed by atoms with Crippen LogP contribution >= 0.6 is 0 Å². The van der Waals surface area contributed by atoms with Crippen LogP contribution in [0, 0.1) is 0 Å². The molecule has 1 saturated carbocycles. The highest BCUT2D eigenvalue weighted by Crippen LogP contribution is 2.22. The van der Waals surface area contributed by atoms with Gasteiger partial charge in [-0.15, -0.1) is 0 Å². The van der Waals surface area contributed by atoms with Crippen molar-refractivity contribution in [3.8, 4) is 0 Å². The van der Waals surface area contributed by atoms with E-state index >= 15 is 0 Å². The lowest BCUT2D eigenvalue weighted by Crippen LogP contribution is -2.34. The Bertz CT molecular complexity index is 147. The maximum Gasteiger partial charge on any atom is 0.0683 e. The molecule has 0 aromatic heterocycles. The normalized spacial score (nSPS) is 35.1. The molecule has 0 aliphatic heterocycles. The molecule has 0 radical (unpaired) electrons. The fourth-order valence-corrected chi connectivity index (χ4v) is 2.94. The molecular formula is C8H16O2S. The quantitative estimate of drug-likeness (QED) is 0.683. The summed E-state index contributed by atoms with van der Waals surface area (Å²) in [4.78, 5) is 0. The lowest BCUT2D eigenvalue weighted by molar-refractivity contribution is 0.135. The Hall–Kier alpha value is 0.110. The van der Waals surface area contributed by atoms with Crippen LogP contribution in [0.5, 0.6) is 0 Å². The second kappa shape index (κ2) is 4.21. The van der Waals surface area contributed by atoms with Gasteiger partial charge in [-0.05, 0) is 12.8 Å². The van der Waals surface area contributed by atoms with Crippen molar-refractivity contribution in [1.82, 2.24) is 0 Å². The summed E-state index contributed by atoms with van der Waals surface area (Å²) in [5.41, 5.74) is 0. The second-order valence-corrected chi connectivity index (χ2v) is 5.00. The molecule has 1 N–H and O–H groups in total. The van der Waals surface area contributed by atoms with E-state index in [-0.39, 0.29) is 11.4 Å². The smallest absolute Gasteiger partial charge is 0.0683 e. The van der Waals surface area contributed by atoms with E-state index in [1.54, 1.807) is 0 Å². The maximum atomic E-state index is 11.3. The minimum Gasteiger partial charge on any atom is -0.392 e. The largest absolute Gasteiger partial charge is 0.392 e. The number of aliphatic hydroxyl groups is 1.